The van der Waals surface area contributed by atoms with Gasteiger partial charge in [-0.15, -0.1) is 0 Å². The molecule has 1 saturated heterocycles. The lowest BCUT2D eigenvalue weighted by Crippen LogP contribution is -2.54. The number of carbonyl (C=O) groups is 2. The van der Waals surface area contributed by atoms with E-state index in [1.165, 1.54) is 6.92 Å². The normalized spacial score (nSPS) is 16.7. The highest BCUT2D eigenvalue weighted by molar-refractivity contribution is 5.86. The Morgan fingerprint density at radius 2 is 1.58 bits per heavy atom. The number of nitrogens with one attached hydrogen (secondary N) is 2. The molecule has 280 valence electrons. The molecule has 12 heteroatoms. The molecule has 3 atom stereocenters. The summed E-state index contributed by atoms with van der Waals surface area (Å²) in [5, 5.41) is 6.41. The summed E-state index contributed by atoms with van der Waals surface area (Å²) in [7, 11) is 6.33. The van der Waals surface area contributed by atoms with Crippen LogP contribution >= 0.6 is 0 Å². The molecule has 2 aliphatic rings. The summed E-state index contributed by atoms with van der Waals surface area (Å²) < 4.78 is 28.4. The number of hydrogen-bond donors (Lipinski definition) is 2. The maximum absolute atomic E-state index is 14.1. The molecule has 3 aromatic carbocycles. The molecule has 5 rings (SSSR count). The van der Waals surface area contributed by atoms with E-state index in [1.807, 2.05) is 55.1 Å². The average molecular weight is 717 g/mol. The topological polar surface area (TPSA) is 128 Å². The van der Waals surface area contributed by atoms with Gasteiger partial charge in [0.25, 0.3) is 0 Å². The number of ether oxygens (including phenoxy) is 5. The second kappa shape index (κ2) is 17.5. The molecule has 2 N–H and O–H groups in total. The molecule has 0 bridgehead atoms. The van der Waals surface area contributed by atoms with E-state index in [9.17, 15) is 14.4 Å². The van der Waals surface area contributed by atoms with E-state index in [0.717, 1.165) is 54.2 Å². The van der Waals surface area contributed by atoms with Gasteiger partial charge in [-0.05, 0) is 77.9 Å². The number of carbonyl (C=O) groups excluding carboxylic acids is 2. The number of aryl methyl sites for hydroxylation is 1. The molecule has 2 amide bonds. The van der Waals surface area contributed by atoms with Crippen LogP contribution in [0.1, 0.15) is 50.8 Å². The average Bonchev–Trinajstić information content (AvgIpc) is 3.40. The fourth-order valence-electron chi connectivity index (χ4n) is 7.03. The van der Waals surface area contributed by atoms with Gasteiger partial charge in [-0.3, -0.25) is 19.3 Å². The number of rotatable bonds is 14. The van der Waals surface area contributed by atoms with E-state index in [0.29, 0.717) is 61.0 Å². The highest BCUT2D eigenvalue weighted by Crippen LogP contribution is 2.50. The molecule has 3 unspecified atom stereocenters. The highest BCUT2D eigenvalue weighted by Gasteiger charge is 2.33. The first kappa shape index (κ1) is 38.3. The Hall–Kier alpha value is -4.97. The molecule has 0 radical (unpaired) electrons. The van der Waals surface area contributed by atoms with Crippen molar-refractivity contribution in [2.24, 2.45) is 5.92 Å². The summed E-state index contributed by atoms with van der Waals surface area (Å²) in [5.41, 5.74) is 3.14. The van der Waals surface area contributed by atoms with Crippen molar-refractivity contribution in [1.29, 1.82) is 0 Å². The molecular weight excluding hydrogens is 664 g/mol. The van der Waals surface area contributed by atoms with Crippen molar-refractivity contribution < 1.29 is 33.3 Å². The summed E-state index contributed by atoms with van der Waals surface area (Å²) in [4.78, 5) is 44.7. The van der Waals surface area contributed by atoms with Crippen LogP contribution < -0.4 is 39.7 Å². The Labute approximate surface area is 306 Å². The van der Waals surface area contributed by atoms with Gasteiger partial charge in [-0.1, -0.05) is 26.3 Å². The van der Waals surface area contributed by atoms with E-state index in [4.69, 9.17) is 23.7 Å². The lowest BCUT2D eigenvalue weighted by Gasteiger charge is -2.37. The predicted octanol–water partition coefficient (Wildman–Crippen LogP) is 4.92. The zero-order chi connectivity index (χ0) is 37.4. The van der Waals surface area contributed by atoms with Crippen LogP contribution in [-0.2, 0) is 16.0 Å². The van der Waals surface area contributed by atoms with Crippen LogP contribution in [0.5, 0.6) is 28.7 Å². The Kier molecular flexibility index (Phi) is 12.9. The molecule has 3 aromatic rings. The van der Waals surface area contributed by atoms with Gasteiger partial charge < -0.3 is 39.2 Å². The quantitative estimate of drug-likeness (QED) is 0.237. The van der Waals surface area contributed by atoms with Crippen LogP contribution in [0, 0.1) is 5.92 Å². The third-order valence-corrected chi connectivity index (χ3v) is 10.1. The van der Waals surface area contributed by atoms with Crippen LogP contribution in [0.2, 0.25) is 0 Å². The number of amides is 2. The number of benzene rings is 2. The van der Waals surface area contributed by atoms with Crippen LogP contribution in [0.3, 0.4) is 0 Å². The van der Waals surface area contributed by atoms with Gasteiger partial charge in [0.15, 0.2) is 11.5 Å². The second-order valence-corrected chi connectivity index (χ2v) is 13.3. The molecule has 0 aromatic heterocycles. The number of methoxy groups -OCH3 is 4. The Bertz CT molecular complexity index is 1780. The van der Waals surface area contributed by atoms with Crippen LogP contribution in [0.15, 0.2) is 53.3 Å². The lowest BCUT2D eigenvalue weighted by atomic mass is 9.95. The first-order valence-electron chi connectivity index (χ1n) is 17.9. The van der Waals surface area contributed by atoms with Crippen molar-refractivity contribution in [2.45, 2.75) is 52.1 Å². The third-order valence-electron chi connectivity index (χ3n) is 10.1. The molecule has 12 nitrogen and oxygen atoms in total. The highest BCUT2D eigenvalue weighted by atomic mass is 16.5. The molecule has 0 spiro atoms. The minimum Gasteiger partial charge on any atom is -0.497 e. The molecule has 1 heterocycles. The molecule has 1 fully saturated rings. The Balaban J connectivity index is 1.38. The van der Waals surface area contributed by atoms with Crippen molar-refractivity contribution in [2.75, 3.05) is 73.1 Å². The fourth-order valence-corrected chi connectivity index (χ4v) is 7.03. The lowest BCUT2D eigenvalue weighted by molar-refractivity contribution is -0.134. The molecule has 1 aliphatic carbocycles. The first-order chi connectivity index (χ1) is 25.1. The Morgan fingerprint density at radius 3 is 2.19 bits per heavy atom. The van der Waals surface area contributed by atoms with Gasteiger partial charge in [0.1, 0.15) is 24.1 Å². The monoisotopic (exact) mass is 716 g/mol. The van der Waals surface area contributed by atoms with Gasteiger partial charge >= 0.3 is 0 Å². The van der Waals surface area contributed by atoms with Crippen molar-refractivity contribution in [3.05, 3.63) is 69.9 Å². The second-order valence-electron chi connectivity index (χ2n) is 13.3. The molecule has 1 aliphatic heterocycles. The van der Waals surface area contributed by atoms with Crippen molar-refractivity contribution in [1.82, 2.24) is 15.1 Å². The number of hydrogen-bond acceptors (Lipinski definition) is 10. The standard InChI is InChI=1S/C40H52N4O8/c1-8-25(2)37(40(47)44-19-17-43(18-20-44)21-22-52-29-12-10-28(48-4)11-13-29)42-33-16-14-30-31(24-34(33)46)32(41-26(3)45)15-9-27-23-35(49-5)38(50-6)39(51-7)36(27)30/h10-14,16,23-25,32,37H,8-9,15,17-22H2,1-7H3,(H,41,45)(H,42,46). The van der Waals surface area contributed by atoms with Crippen molar-refractivity contribution in [3.8, 4) is 39.9 Å². The van der Waals surface area contributed by atoms with Crippen LogP contribution in [-0.4, -0.2) is 95.4 Å². The first-order valence-corrected chi connectivity index (χ1v) is 17.9. The number of fused-ring (bicyclic) bond motifs is 3. The number of nitrogens with zero attached hydrogens (tertiary/aromatic N) is 2. The van der Waals surface area contributed by atoms with Crippen LogP contribution in [0.25, 0.3) is 11.1 Å². The van der Waals surface area contributed by atoms with Crippen LogP contribution in [0.4, 0.5) is 5.69 Å². The Morgan fingerprint density at radius 1 is 0.885 bits per heavy atom. The van der Waals surface area contributed by atoms with Crippen molar-refractivity contribution in [3.63, 3.8) is 0 Å². The molecule has 0 saturated carbocycles. The zero-order valence-corrected chi connectivity index (χ0v) is 31.4. The largest absolute Gasteiger partial charge is 0.497 e. The number of anilines is 1. The van der Waals surface area contributed by atoms with E-state index < -0.39 is 12.1 Å². The van der Waals surface area contributed by atoms with Crippen molar-refractivity contribution >= 4 is 17.5 Å². The summed E-state index contributed by atoms with van der Waals surface area (Å²) in [6, 6.07) is 13.6. The SMILES string of the molecule is CCC(C)C(Nc1ccc2c(cc1=O)C(NC(C)=O)CCc1cc(OC)c(OC)c(OC)c1-2)C(=O)N1CCN(CCOc2ccc(OC)cc2)CC1. The zero-order valence-electron chi connectivity index (χ0n) is 31.4. The summed E-state index contributed by atoms with van der Waals surface area (Å²) >= 11 is 0. The maximum Gasteiger partial charge on any atom is 0.245 e. The van der Waals surface area contributed by atoms with E-state index in [2.05, 4.69) is 15.5 Å². The van der Waals surface area contributed by atoms with Gasteiger partial charge in [-0.25, -0.2) is 0 Å². The van der Waals surface area contributed by atoms with E-state index in [-0.39, 0.29) is 23.2 Å². The summed E-state index contributed by atoms with van der Waals surface area (Å²) in [5.74, 6) is 2.74. The molecular formula is C40H52N4O8. The molecule has 52 heavy (non-hydrogen) atoms. The summed E-state index contributed by atoms with van der Waals surface area (Å²) in [6.07, 6.45) is 1.90. The van der Waals surface area contributed by atoms with E-state index >= 15 is 0 Å². The van der Waals surface area contributed by atoms with Gasteiger partial charge in [-0.2, -0.15) is 0 Å². The van der Waals surface area contributed by atoms with E-state index in [1.54, 1.807) is 40.6 Å². The van der Waals surface area contributed by atoms with Gasteiger partial charge in [0, 0.05) is 45.2 Å². The smallest absolute Gasteiger partial charge is 0.245 e. The maximum atomic E-state index is 14.1. The minimum atomic E-state index is -0.609. The minimum absolute atomic E-state index is 0.0316. The predicted molar refractivity (Wildman–Crippen MR) is 201 cm³/mol. The summed E-state index contributed by atoms with van der Waals surface area (Å²) in [6.45, 7) is 9.44. The number of piperazine rings is 1. The van der Waals surface area contributed by atoms with Gasteiger partial charge in [0.2, 0.25) is 23.0 Å². The fraction of sp³-hybridized carbons (Fsp3) is 0.475. The third kappa shape index (κ3) is 8.55. The van der Waals surface area contributed by atoms with Gasteiger partial charge in [0.05, 0.1) is 40.2 Å².